The Kier molecular flexibility index (Phi) is 8.09. The maximum atomic E-state index is 13.9. The predicted octanol–water partition coefficient (Wildman–Crippen LogP) is 6.95. The van der Waals surface area contributed by atoms with Gasteiger partial charge in [-0.2, -0.15) is 0 Å². The predicted molar refractivity (Wildman–Crippen MR) is 164 cm³/mol. The van der Waals surface area contributed by atoms with E-state index in [2.05, 4.69) is 5.32 Å². The van der Waals surface area contributed by atoms with Crippen molar-refractivity contribution >= 4 is 61.5 Å². The van der Waals surface area contributed by atoms with Gasteiger partial charge in [0.25, 0.3) is 5.56 Å². The van der Waals surface area contributed by atoms with Gasteiger partial charge >= 0.3 is 5.97 Å². The zero-order valence-corrected chi connectivity index (χ0v) is 24.8. The van der Waals surface area contributed by atoms with E-state index in [1.54, 1.807) is 23.8 Å². The second-order valence-corrected chi connectivity index (χ2v) is 12.5. The molecule has 1 N–H and O–H groups in total. The highest BCUT2D eigenvalue weighted by atomic mass is 32.2. The van der Waals surface area contributed by atoms with Gasteiger partial charge in [0.15, 0.2) is 5.16 Å². The highest BCUT2D eigenvalue weighted by Gasteiger charge is 2.27. The molecular weight excluding hydrogens is 579 g/mol. The molecule has 5 aromatic rings. The second-order valence-electron chi connectivity index (χ2n) is 9.46. The summed E-state index contributed by atoms with van der Waals surface area (Å²) in [5.74, 6) is 0.426. The van der Waals surface area contributed by atoms with Crippen LogP contribution >= 0.6 is 34.4 Å². The van der Waals surface area contributed by atoms with Crippen molar-refractivity contribution in [2.24, 2.45) is 0 Å². The number of aryl methyl sites for hydroxylation is 1. The molecule has 1 aliphatic carbocycles. The molecule has 0 unspecified atom stereocenters. The third kappa shape index (κ3) is 5.49. The number of fused-ring (bicyclic) bond motifs is 2. The van der Waals surface area contributed by atoms with Crippen LogP contribution in [0.15, 0.2) is 68.5 Å². The highest BCUT2D eigenvalue weighted by molar-refractivity contribution is 7.99. The van der Waals surface area contributed by atoms with Crippen LogP contribution in [-0.2, 0) is 22.4 Å². The van der Waals surface area contributed by atoms with Crippen LogP contribution in [0.25, 0.3) is 27.2 Å². The topological polar surface area (TPSA) is 103 Å². The molecule has 4 heterocycles. The number of hydrogen-bond acceptors (Lipinski definition) is 9. The second kappa shape index (κ2) is 12.1. The molecule has 0 bridgehead atoms. The van der Waals surface area contributed by atoms with Crippen molar-refractivity contribution in [3.8, 4) is 17.0 Å². The minimum absolute atomic E-state index is 0.181. The van der Waals surface area contributed by atoms with Crippen LogP contribution < -0.4 is 10.9 Å². The number of nitrogens with zero attached hydrogens (tertiary/aromatic N) is 2. The zero-order valence-electron chi connectivity index (χ0n) is 22.3. The number of amides is 1. The van der Waals surface area contributed by atoms with E-state index in [-0.39, 0.29) is 30.5 Å². The zero-order chi connectivity index (χ0) is 28.3. The first-order valence-electron chi connectivity index (χ1n) is 13.4. The Bertz CT molecular complexity index is 1770. The van der Waals surface area contributed by atoms with Crippen molar-refractivity contribution in [2.75, 3.05) is 17.7 Å². The summed E-state index contributed by atoms with van der Waals surface area (Å²) in [5, 5.41) is 6.43. The van der Waals surface area contributed by atoms with Gasteiger partial charge in [-0.15, -0.1) is 22.7 Å². The molecule has 8 nitrogen and oxygen atoms in total. The monoisotopic (exact) mass is 605 g/mol. The third-order valence-corrected chi connectivity index (χ3v) is 9.86. The third-order valence-electron chi connectivity index (χ3n) is 6.84. The van der Waals surface area contributed by atoms with E-state index < -0.39 is 0 Å². The molecular formula is C30H27N3O5S3. The number of hydrogen-bond donors (Lipinski definition) is 1. The minimum Gasteiger partial charge on any atom is -0.464 e. The number of rotatable bonds is 9. The van der Waals surface area contributed by atoms with Gasteiger partial charge < -0.3 is 14.5 Å². The van der Waals surface area contributed by atoms with E-state index in [9.17, 15) is 14.4 Å². The average Bonchev–Trinajstić information content (AvgIpc) is 3.72. The number of benzene rings is 1. The number of thiophene rings is 2. The smallest absolute Gasteiger partial charge is 0.341 e. The van der Waals surface area contributed by atoms with E-state index in [1.165, 1.54) is 34.4 Å². The lowest BCUT2D eigenvalue weighted by atomic mass is 9.95. The van der Waals surface area contributed by atoms with E-state index in [0.717, 1.165) is 36.1 Å². The van der Waals surface area contributed by atoms with E-state index in [0.29, 0.717) is 48.7 Å². The van der Waals surface area contributed by atoms with Gasteiger partial charge in [0, 0.05) is 28.0 Å². The lowest BCUT2D eigenvalue weighted by Crippen LogP contribution is -2.22. The van der Waals surface area contributed by atoms with Crippen molar-refractivity contribution in [3.63, 3.8) is 0 Å². The van der Waals surface area contributed by atoms with Crippen molar-refractivity contribution in [3.05, 3.63) is 80.5 Å². The van der Waals surface area contributed by atoms with Gasteiger partial charge in [-0.25, -0.2) is 9.78 Å². The highest BCUT2D eigenvalue weighted by Crippen LogP contribution is 2.39. The minimum atomic E-state index is -0.383. The van der Waals surface area contributed by atoms with Crippen LogP contribution in [0.2, 0.25) is 0 Å². The number of esters is 1. The Morgan fingerprint density at radius 3 is 2.76 bits per heavy atom. The molecule has 1 aliphatic rings. The number of para-hydroxylation sites is 1. The van der Waals surface area contributed by atoms with E-state index >= 15 is 0 Å². The summed E-state index contributed by atoms with van der Waals surface area (Å²) in [6, 6.07) is 13.0. The standard InChI is InChI=1S/C30H27N3O5S3/c1-2-37-29(36)25-19-11-6-7-13-22(19)41-27(25)31-23(34)14-16-39-30-32-26-24(20(17-40-26)21-12-8-15-38-21)28(35)33(30)18-9-4-3-5-10-18/h3-5,8-10,12,15,17H,2,6-7,11,13-14,16H2,1H3,(H,31,34). The largest absolute Gasteiger partial charge is 0.464 e. The summed E-state index contributed by atoms with van der Waals surface area (Å²) in [5.41, 5.74) is 2.73. The summed E-state index contributed by atoms with van der Waals surface area (Å²) < 4.78 is 12.5. The molecule has 0 atom stereocenters. The molecule has 6 rings (SSSR count). The fourth-order valence-corrected chi connectivity index (χ4v) is 8.20. The molecule has 0 saturated carbocycles. The number of carbonyl (C=O) groups excluding carboxylic acids is 2. The van der Waals surface area contributed by atoms with Gasteiger partial charge in [-0.05, 0) is 62.4 Å². The molecule has 0 saturated heterocycles. The molecule has 0 radical (unpaired) electrons. The number of ether oxygens (including phenoxy) is 1. The fourth-order valence-electron chi connectivity index (χ4n) is 4.98. The van der Waals surface area contributed by atoms with Gasteiger partial charge in [0.05, 0.1) is 29.5 Å². The van der Waals surface area contributed by atoms with Gasteiger partial charge in [-0.3, -0.25) is 14.2 Å². The first-order valence-corrected chi connectivity index (χ1v) is 16.1. The molecule has 11 heteroatoms. The molecule has 4 aromatic heterocycles. The number of nitrogens with one attached hydrogen (secondary N) is 1. The van der Waals surface area contributed by atoms with Crippen molar-refractivity contribution in [1.29, 1.82) is 0 Å². The van der Waals surface area contributed by atoms with Crippen LogP contribution in [0.4, 0.5) is 5.00 Å². The lowest BCUT2D eigenvalue weighted by Gasteiger charge is -2.13. The Morgan fingerprint density at radius 1 is 1.15 bits per heavy atom. The van der Waals surface area contributed by atoms with Gasteiger partial charge in [0.2, 0.25) is 5.91 Å². The van der Waals surface area contributed by atoms with Crippen LogP contribution in [0.5, 0.6) is 0 Å². The first kappa shape index (κ1) is 27.5. The summed E-state index contributed by atoms with van der Waals surface area (Å²) in [4.78, 5) is 46.3. The van der Waals surface area contributed by atoms with Crippen LogP contribution in [0.1, 0.15) is 47.0 Å². The molecule has 1 amide bonds. The lowest BCUT2D eigenvalue weighted by molar-refractivity contribution is -0.115. The number of furan rings is 1. The average molecular weight is 606 g/mol. The number of thioether (sulfide) groups is 1. The van der Waals surface area contributed by atoms with Gasteiger partial charge in [-0.1, -0.05) is 30.0 Å². The van der Waals surface area contributed by atoms with E-state index in [4.69, 9.17) is 14.1 Å². The summed E-state index contributed by atoms with van der Waals surface area (Å²) in [6.07, 6.45) is 5.59. The van der Waals surface area contributed by atoms with Crippen molar-refractivity contribution in [1.82, 2.24) is 9.55 Å². The number of anilines is 1. The number of aromatic nitrogens is 2. The van der Waals surface area contributed by atoms with Crippen molar-refractivity contribution < 1.29 is 18.7 Å². The summed E-state index contributed by atoms with van der Waals surface area (Å²) >= 11 is 4.21. The Morgan fingerprint density at radius 2 is 1.98 bits per heavy atom. The number of carbonyl (C=O) groups is 2. The molecule has 0 spiro atoms. The molecule has 1 aromatic carbocycles. The van der Waals surface area contributed by atoms with Crippen molar-refractivity contribution in [2.45, 2.75) is 44.2 Å². The quantitative estimate of drug-likeness (QED) is 0.110. The maximum absolute atomic E-state index is 13.9. The fraction of sp³-hybridized carbons (Fsp3) is 0.267. The molecule has 210 valence electrons. The molecule has 41 heavy (non-hydrogen) atoms. The molecule has 0 fully saturated rings. The Balaban J connectivity index is 1.25. The Hall–Kier alpha value is -3.67. The maximum Gasteiger partial charge on any atom is 0.341 e. The molecule has 0 aliphatic heterocycles. The van der Waals surface area contributed by atoms with E-state index in [1.807, 2.05) is 41.8 Å². The van der Waals surface area contributed by atoms with Gasteiger partial charge in [0.1, 0.15) is 15.6 Å². The SMILES string of the molecule is CCOC(=O)c1c(NC(=O)CCSc2nc3scc(-c4ccco4)c3c(=O)n2-c2ccccc2)sc2c1CCCC2. The first-order chi connectivity index (χ1) is 20.0. The normalized spacial score (nSPS) is 12.8. The van der Waals surface area contributed by atoms with Crippen LogP contribution in [0.3, 0.4) is 0 Å². The van der Waals surface area contributed by atoms with Crippen LogP contribution in [-0.4, -0.2) is 33.8 Å². The Labute approximate surface area is 248 Å². The van der Waals surface area contributed by atoms with Crippen LogP contribution in [0, 0.1) is 0 Å². The summed E-state index contributed by atoms with van der Waals surface area (Å²) in [6.45, 7) is 2.06. The summed E-state index contributed by atoms with van der Waals surface area (Å²) in [7, 11) is 0.